The summed E-state index contributed by atoms with van der Waals surface area (Å²) < 4.78 is 21.8. The van der Waals surface area contributed by atoms with Crippen LogP contribution in [0.25, 0.3) is 6.08 Å². The summed E-state index contributed by atoms with van der Waals surface area (Å²) in [6.45, 7) is 5.09. The summed E-state index contributed by atoms with van der Waals surface area (Å²) in [7, 11) is 1.60. The van der Waals surface area contributed by atoms with Crippen molar-refractivity contribution in [3.8, 4) is 17.2 Å². The maximum atomic E-state index is 12.2. The molecule has 1 aliphatic rings. The van der Waals surface area contributed by atoms with Gasteiger partial charge in [0.15, 0.2) is 17.2 Å². The first kappa shape index (κ1) is 19.5. The third-order valence-corrected chi connectivity index (χ3v) is 3.99. The van der Waals surface area contributed by atoms with E-state index in [0.717, 1.165) is 17.7 Å². The van der Waals surface area contributed by atoms with Crippen LogP contribution in [0.1, 0.15) is 31.4 Å². The Morgan fingerprint density at radius 3 is 2.50 bits per heavy atom. The third kappa shape index (κ3) is 4.52. The maximum Gasteiger partial charge on any atom is 0.363 e. The first-order chi connectivity index (χ1) is 13.6. The molecule has 0 fully saturated rings. The first-order valence-electron chi connectivity index (χ1n) is 9.21. The second-order valence-corrected chi connectivity index (χ2v) is 6.05. The molecule has 0 bridgehead atoms. The molecule has 0 N–H and O–H groups in total. The second-order valence-electron chi connectivity index (χ2n) is 6.05. The summed E-state index contributed by atoms with van der Waals surface area (Å²) in [5.74, 6) is 1.82. The number of carbonyl (C=O) groups excluding carboxylic acids is 1. The highest BCUT2D eigenvalue weighted by Crippen LogP contribution is 2.30. The number of aliphatic imine (C=N–C) groups is 1. The van der Waals surface area contributed by atoms with Crippen molar-refractivity contribution in [1.29, 1.82) is 0 Å². The molecule has 28 heavy (non-hydrogen) atoms. The van der Waals surface area contributed by atoms with E-state index in [1.807, 2.05) is 32.0 Å². The lowest BCUT2D eigenvalue weighted by Crippen LogP contribution is -2.05. The van der Waals surface area contributed by atoms with E-state index in [-0.39, 0.29) is 11.6 Å². The van der Waals surface area contributed by atoms with E-state index in [0.29, 0.717) is 30.3 Å². The van der Waals surface area contributed by atoms with Crippen LogP contribution in [0.2, 0.25) is 0 Å². The van der Waals surface area contributed by atoms with E-state index < -0.39 is 5.97 Å². The van der Waals surface area contributed by atoms with Crippen LogP contribution in [0, 0.1) is 0 Å². The maximum absolute atomic E-state index is 12.2. The number of carbonyl (C=O) groups is 1. The lowest BCUT2D eigenvalue weighted by molar-refractivity contribution is -0.129. The highest BCUT2D eigenvalue weighted by molar-refractivity contribution is 6.12. The monoisotopic (exact) mass is 381 g/mol. The molecular formula is C22H23NO5. The average molecular weight is 381 g/mol. The van der Waals surface area contributed by atoms with Crippen molar-refractivity contribution in [1.82, 2.24) is 0 Å². The topological polar surface area (TPSA) is 66.3 Å². The molecule has 2 aromatic carbocycles. The van der Waals surface area contributed by atoms with Crippen LogP contribution in [0.15, 0.2) is 53.2 Å². The Hall–Kier alpha value is -3.28. The molecule has 0 atom stereocenters. The van der Waals surface area contributed by atoms with Gasteiger partial charge < -0.3 is 18.9 Å². The number of rotatable bonds is 8. The van der Waals surface area contributed by atoms with E-state index in [1.54, 1.807) is 37.5 Å². The van der Waals surface area contributed by atoms with Gasteiger partial charge in [-0.3, -0.25) is 0 Å². The van der Waals surface area contributed by atoms with E-state index in [1.165, 1.54) is 0 Å². The molecule has 2 aromatic rings. The number of esters is 1. The standard InChI is InChI=1S/C22H23NO5/c1-4-12-27-19-11-6-15(14-20(19)26-5-2)13-18-22(24)28-21(23-18)16-7-9-17(25-3)10-8-16/h6-11,13-14H,4-5,12H2,1-3H3/b18-13-. The van der Waals surface area contributed by atoms with Crippen molar-refractivity contribution in [2.24, 2.45) is 4.99 Å². The van der Waals surface area contributed by atoms with Crippen LogP contribution in [0.3, 0.4) is 0 Å². The molecule has 0 aromatic heterocycles. The minimum absolute atomic E-state index is 0.232. The quantitative estimate of drug-likeness (QED) is 0.506. The molecule has 0 spiro atoms. The van der Waals surface area contributed by atoms with Gasteiger partial charge in [-0.05, 0) is 61.4 Å². The zero-order valence-corrected chi connectivity index (χ0v) is 16.2. The minimum atomic E-state index is -0.491. The Morgan fingerprint density at radius 2 is 1.82 bits per heavy atom. The smallest absolute Gasteiger partial charge is 0.363 e. The Morgan fingerprint density at radius 1 is 1.04 bits per heavy atom. The number of hydrogen-bond acceptors (Lipinski definition) is 6. The molecule has 1 aliphatic heterocycles. The lowest BCUT2D eigenvalue weighted by Gasteiger charge is -2.12. The Kier molecular flexibility index (Phi) is 6.32. The molecule has 0 unspecified atom stereocenters. The largest absolute Gasteiger partial charge is 0.497 e. The molecule has 6 heteroatoms. The van der Waals surface area contributed by atoms with Crippen molar-refractivity contribution in [3.63, 3.8) is 0 Å². The van der Waals surface area contributed by atoms with Crippen LogP contribution in [-0.2, 0) is 9.53 Å². The van der Waals surface area contributed by atoms with Gasteiger partial charge in [0.2, 0.25) is 5.90 Å². The number of nitrogens with zero attached hydrogens (tertiary/aromatic N) is 1. The molecule has 0 aliphatic carbocycles. The van der Waals surface area contributed by atoms with Crippen LogP contribution in [-0.4, -0.2) is 32.2 Å². The van der Waals surface area contributed by atoms with Gasteiger partial charge in [-0.2, -0.15) is 0 Å². The summed E-state index contributed by atoms with van der Waals surface area (Å²) in [5, 5.41) is 0. The molecule has 0 saturated carbocycles. The Bertz CT molecular complexity index is 900. The van der Waals surface area contributed by atoms with E-state index in [9.17, 15) is 4.79 Å². The fourth-order valence-electron chi connectivity index (χ4n) is 2.64. The van der Waals surface area contributed by atoms with Gasteiger partial charge in [-0.15, -0.1) is 0 Å². The molecule has 6 nitrogen and oxygen atoms in total. The predicted molar refractivity (Wildman–Crippen MR) is 107 cm³/mol. The Balaban J connectivity index is 1.86. The van der Waals surface area contributed by atoms with E-state index in [4.69, 9.17) is 18.9 Å². The summed E-state index contributed by atoms with van der Waals surface area (Å²) in [6.07, 6.45) is 2.58. The normalized spacial score (nSPS) is 14.6. The van der Waals surface area contributed by atoms with Crippen molar-refractivity contribution in [3.05, 3.63) is 59.3 Å². The SMILES string of the molecule is CCCOc1ccc(/C=C2\N=C(c3ccc(OC)cc3)OC2=O)cc1OCC. The molecule has 146 valence electrons. The molecular weight excluding hydrogens is 358 g/mol. The van der Waals surface area contributed by atoms with E-state index >= 15 is 0 Å². The fourth-order valence-corrected chi connectivity index (χ4v) is 2.64. The number of ether oxygens (including phenoxy) is 4. The lowest BCUT2D eigenvalue weighted by atomic mass is 10.1. The summed E-state index contributed by atoms with van der Waals surface area (Å²) >= 11 is 0. The summed E-state index contributed by atoms with van der Waals surface area (Å²) in [4.78, 5) is 16.5. The van der Waals surface area contributed by atoms with Gasteiger partial charge in [-0.25, -0.2) is 9.79 Å². The van der Waals surface area contributed by atoms with E-state index in [2.05, 4.69) is 4.99 Å². The van der Waals surface area contributed by atoms with Crippen LogP contribution in [0.4, 0.5) is 0 Å². The van der Waals surface area contributed by atoms with Crippen molar-refractivity contribution in [2.45, 2.75) is 20.3 Å². The van der Waals surface area contributed by atoms with Crippen molar-refractivity contribution in [2.75, 3.05) is 20.3 Å². The summed E-state index contributed by atoms with van der Waals surface area (Å²) in [5.41, 5.74) is 1.71. The first-order valence-corrected chi connectivity index (χ1v) is 9.21. The van der Waals surface area contributed by atoms with Crippen molar-refractivity contribution < 1.29 is 23.7 Å². The Labute approximate surface area is 164 Å². The molecule has 3 rings (SSSR count). The second kappa shape index (κ2) is 9.08. The van der Waals surface area contributed by atoms with Gasteiger partial charge in [0.05, 0.1) is 20.3 Å². The number of methoxy groups -OCH3 is 1. The van der Waals surface area contributed by atoms with Gasteiger partial charge in [0.25, 0.3) is 0 Å². The van der Waals surface area contributed by atoms with Gasteiger partial charge in [0.1, 0.15) is 5.75 Å². The van der Waals surface area contributed by atoms with Gasteiger partial charge >= 0.3 is 5.97 Å². The van der Waals surface area contributed by atoms with Gasteiger partial charge in [0, 0.05) is 5.56 Å². The number of hydrogen-bond donors (Lipinski definition) is 0. The average Bonchev–Trinajstić information content (AvgIpc) is 3.08. The molecule has 0 amide bonds. The molecule has 1 heterocycles. The number of benzene rings is 2. The van der Waals surface area contributed by atoms with Crippen LogP contribution < -0.4 is 14.2 Å². The zero-order valence-electron chi connectivity index (χ0n) is 16.2. The van der Waals surface area contributed by atoms with Crippen molar-refractivity contribution >= 4 is 17.9 Å². The highest BCUT2D eigenvalue weighted by atomic mass is 16.6. The summed E-state index contributed by atoms with van der Waals surface area (Å²) in [6, 6.07) is 12.7. The minimum Gasteiger partial charge on any atom is -0.497 e. The molecule has 0 saturated heterocycles. The van der Waals surface area contributed by atoms with Crippen LogP contribution >= 0.6 is 0 Å². The third-order valence-electron chi connectivity index (χ3n) is 3.99. The van der Waals surface area contributed by atoms with Crippen LogP contribution in [0.5, 0.6) is 17.2 Å². The number of cyclic esters (lactones) is 1. The predicted octanol–water partition coefficient (Wildman–Crippen LogP) is 4.23. The highest BCUT2D eigenvalue weighted by Gasteiger charge is 2.24. The molecule has 0 radical (unpaired) electrons. The van der Waals surface area contributed by atoms with Gasteiger partial charge in [-0.1, -0.05) is 13.0 Å². The zero-order chi connectivity index (χ0) is 19.9. The fraction of sp³-hybridized carbons (Fsp3) is 0.273.